The lowest BCUT2D eigenvalue weighted by Gasteiger charge is -2.28. The van der Waals surface area contributed by atoms with E-state index in [2.05, 4.69) is 36.8 Å². The van der Waals surface area contributed by atoms with Crippen molar-refractivity contribution in [3.63, 3.8) is 0 Å². The number of nitrogens with one attached hydrogen (secondary N) is 1. The van der Waals surface area contributed by atoms with Gasteiger partial charge in [-0.1, -0.05) is 65.8 Å². The lowest BCUT2D eigenvalue weighted by molar-refractivity contribution is -0.140. The van der Waals surface area contributed by atoms with Crippen LogP contribution in [0.5, 0.6) is 11.5 Å². The van der Waals surface area contributed by atoms with Crippen molar-refractivity contribution in [1.82, 2.24) is 20.2 Å². The topological polar surface area (TPSA) is 100 Å². The Morgan fingerprint density at radius 3 is 2.38 bits per heavy atom. The van der Waals surface area contributed by atoms with E-state index in [4.69, 9.17) is 14.2 Å². The minimum absolute atomic E-state index is 0.144. The van der Waals surface area contributed by atoms with Gasteiger partial charge < -0.3 is 19.5 Å². The predicted molar refractivity (Wildman–Crippen MR) is 140 cm³/mol. The molecule has 4 aromatic rings. The molecule has 0 bridgehead atoms. The first kappa shape index (κ1) is 24.5. The first-order valence-electron chi connectivity index (χ1n) is 11.6. The molecule has 10 heteroatoms. The maximum absolute atomic E-state index is 13.4. The third-order valence-corrected chi connectivity index (χ3v) is 6.53. The minimum atomic E-state index is -0.650. The molecule has 1 atom stereocenters. The summed E-state index contributed by atoms with van der Waals surface area (Å²) in [6, 6.07) is 22.4. The number of rotatable bonds is 8. The molecule has 0 spiro atoms. The van der Waals surface area contributed by atoms with Crippen LogP contribution in [0.3, 0.4) is 0 Å². The Hall–Kier alpha value is -4.18. The summed E-state index contributed by atoms with van der Waals surface area (Å²) in [7, 11) is 1.57. The smallest absolute Gasteiger partial charge is 0.338 e. The molecule has 1 N–H and O–H groups in total. The number of hydrogen-bond acceptors (Lipinski definition) is 8. The number of tetrazole rings is 1. The van der Waals surface area contributed by atoms with Crippen LogP contribution in [-0.2, 0) is 22.7 Å². The molecule has 0 saturated carbocycles. The summed E-state index contributed by atoms with van der Waals surface area (Å²) in [5.41, 5.74) is 3.63. The number of aromatic nitrogens is 4. The third-order valence-electron chi connectivity index (χ3n) is 5.94. The van der Waals surface area contributed by atoms with Gasteiger partial charge in [-0.3, -0.25) is 0 Å². The normalized spacial score (nSPS) is 14.5. The van der Waals surface area contributed by atoms with Crippen LogP contribution in [0, 0.1) is 0 Å². The first-order chi connectivity index (χ1) is 18.0. The van der Waals surface area contributed by atoms with Crippen LogP contribution in [-0.4, -0.2) is 33.3 Å². The van der Waals surface area contributed by atoms with Gasteiger partial charge in [0.2, 0.25) is 5.95 Å². The second-order valence-corrected chi connectivity index (χ2v) is 9.24. The zero-order chi connectivity index (χ0) is 25.8. The van der Waals surface area contributed by atoms with Crippen LogP contribution in [0.2, 0.25) is 0 Å². The van der Waals surface area contributed by atoms with E-state index in [-0.39, 0.29) is 6.61 Å². The average Bonchev–Trinajstić information content (AvgIpc) is 3.39. The van der Waals surface area contributed by atoms with Crippen LogP contribution in [0.25, 0.3) is 0 Å². The highest BCUT2D eigenvalue weighted by Crippen LogP contribution is 2.43. The number of ether oxygens (including phenoxy) is 3. The Balaban J connectivity index is 1.48. The standard InChI is InChI=1S/C27H24BrN5O4/c1-17-23(26(34)37-16-19-11-7-4-8-12-19)24(33-27(29-17)30-31-32-33)20-13-21(28)25(22(14-20)35-2)36-15-18-9-5-3-6-10-18/h3-14,24H,15-16H2,1-2H3,(H,29,30,32). The molecule has 0 aliphatic carbocycles. The largest absolute Gasteiger partial charge is 0.493 e. The van der Waals surface area contributed by atoms with Crippen LogP contribution in [0.4, 0.5) is 5.95 Å². The van der Waals surface area contributed by atoms with Crippen molar-refractivity contribution >= 4 is 27.8 Å². The fraction of sp³-hybridized carbons (Fsp3) is 0.185. The molecule has 37 heavy (non-hydrogen) atoms. The summed E-state index contributed by atoms with van der Waals surface area (Å²) in [4.78, 5) is 13.4. The number of methoxy groups -OCH3 is 1. The Morgan fingerprint density at radius 1 is 1.03 bits per heavy atom. The summed E-state index contributed by atoms with van der Waals surface area (Å²) in [6.07, 6.45) is 0. The summed E-state index contributed by atoms with van der Waals surface area (Å²) in [5.74, 6) is 0.999. The molecule has 1 aliphatic rings. The molecule has 0 fully saturated rings. The number of fused-ring (bicyclic) bond motifs is 1. The molecule has 0 radical (unpaired) electrons. The minimum Gasteiger partial charge on any atom is -0.493 e. The van der Waals surface area contributed by atoms with Crippen molar-refractivity contribution in [2.24, 2.45) is 0 Å². The highest BCUT2D eigenvalue weighted by molar-refractivity contribution is 9.10. The third kappa shape index (κ3) is 5.19. The van der Waals surface area contributed by atoms with E-state index in [9.17, 15) is 4.79 Å². The number of esters is 1. The lowest BCUT2D eigenvalue weighted by Crippen LogP contribution is -2.29. The van der Waals surface area contributed by atoms with Gasteiger partial charge in [-0.25, -0.2) is 4.79 Å². The van der Waals surface area contributed by atoms with Gasteiger partial charge in [0.25, 0.3) is 0 Å². The van der Waals surface area contributed by atoms with Gasteiger partial charge in [-0.05, 0) is 62.1 Å². The van der Waals surface area contributed by atoms with Crippen molar-refractivity contribution in [2.75, 3.05) is 12.4 Å². The second kappa shape index (κ2) is 10.8. The molecule has 1 aromatic heterocycles. The zero-order valence-electron chi connectivity index (χ0n) is 20.2. The van der Waals surface area contributed by atoms with Crippen LogP contribution in [0.1, 0.15) is 29.7 Å². The Bertz CT molecular complexity index is 1440. The van der Waals surface area contributed by atoms with Gasteiger partial charge in [-0.2, -0.15) is 4.68 Å². The van der Waals surface area contributed by atoms with E-state index < -0.39 is 12.0 Å². The highest BCUT2D eigenvalue weighted by atomic mass is 79.9. The Labute approximate surface area is 222 Å². The molecule has 5 rings (SSSR count). The summed E-state index contributed by atoms with van der Waals surface area (Å²) in [6.45, 7) is 2.31. The second-order valence-electron chi connectivity index (χ2n) is 8.38. The molecule has 188 valence electrons. The van der Waals surface area contributed by atoms with Crippen molar-refractivity contribution in [3.05, 3.63) is 105 Å². The lowest BCUT2D eigenvalue weighted by atomic mass is 9.95. The molecule has 0 saturated heterocycles. The SMILES string of the molecule is COc1cc(C2C(C(=O)OCc3ccccc3)=C(C)Nc3nnnn32)cc(Br)c1OCc1ccccc1. The van der Waals surface area contributed by atoms with Crippen LogP contribution in [0.15, 0.2) is 88.5 Å². The van der Waals surface area contributed by atoms with Gasteiger partial charge in [0, 0.05) is 5.70 Å². The molecule has 1 aliphatic heterocycles. The number of carbonyl (C=O) groups is 1. The predicted octanol–water partition coefficient (Wildman–Crippen LogP) is 5.06. The van der Waals surface area contributed by atoms with Gasteiger partial charge in [-0.15, -0.1) is 0 Å². The van der Waals surface area contributed by atoms with Gasteiger partial charge >= 0.3 is 5.97 Å². The number of allylic oxidation sites excluding steroid dienone is 1. The van der Waals surface area contributed by atoms with Gasteiger partial charge in [0.05, 0.1) is 17.2 Å². The van der Waals surface area contributed by atoms with E-state index in [1.54, 1.807) is 18.7 Å². The van der Waals surface area contributed by atoms with Crippen LogP contribution >= 0.6 is 15.9 Å². The van der Waals surface area contributed by atoms with Gasteiger partial charge in [0.15, 0.2) is 11.5 Å². The van der Waals surface area contributed by atoms with Crippen molar-refractivity contribution in [1.29, 1.82) is 0 Å². The Kier molecular flexibility index (Phi) is 7.18. The van der Waals surface area contributed by atoms with E-state index in [0.717, 1.165) is 16.7 Å². The van der Waals surface area contributed by atoms with Gasteiger partial charge in [0.1, 0.15) is 19.3 Å². The van der Waals surface area contributed by atoms with Crippen LogP contribution < -0.4 is 14.8 Å². The summed E-state index contributed by atoms with van der Waals surface area (Å²) < 4.78 is 19.7. The zero-order valence-corrected chi connectivity index (χ0v) is 21.8. The fourth-order valence-electron chi connectivity index (χ4n) is 4.15. The number of nitrogens with zero attached hydrogens (tertiary/aromatic N) is 4. The number of halogens is 1. The molecule has 0 amide bonds. The maximum atomic E-state index is 13.4. The molecule has 1 unspecified atom stereocenters. The summed E-state index contributed by atoms with van der Waals surface area (Å²) in [5, 5.41) is 15.1. The van der Waals surface area contributed by atoms with E-state index in [1.807, 2.05) is 72.8 Å². The first-order valence-corrected chi connectivity index (χ1v) is 12.4. The molecule has 2 heterocycles. The monoisotopic (exact) mass is 561 g/mol. The summed E-state index contributed by atoms with van der Waals surface area (Å²) >= 11 is 3.63. The maximum Gasteiger partial charge on any atom is 0.338 e. The molecule has 3 aromatic carbocycles. The fourth-order valence-corrected chi connectivity index (χ4v) is 4.73. The van der Waals surface area contributed by atoms with E-state index >= 15 is 0 Å². The van der Waals surface area contributed by atoms with Crippen molar-refractivity contribution in [3.8, 4) is 11.5 Å². The number of benzene rings is 3. The molecular weight excluding hydrogens is 538 g/mol. The van der Waals surface area contributed by atoms with E-state index in [1.165, 1.54) is 0 Å². The van der Waals surface area contributed by atoms with E-state index in [0.29, 0.717) is 39.8 Å². The number of hydrogen-bond donors (Lipinski definition) is 1. The molecular formula is C27H24BrN5O4. The quantitative estimate of drug-likeness (QED) is 0.298. The average molecular weight is 562 g/mol. The molecule has 9 nitrogen and oxygen atoms in total. The van der Waals surface area contributed by atoms with Crippen molar-refractivity contribution in [2.45, 2.75) is 26.2 Å². The Morgan fingerprint density at radius 2 is 1.70 bits per heavy atom. The van der Waals surface area contributed by atoms with Crippen molar-refractivity contribution < 1.29 is 19.0 Å². The number of carbonyl (C=O) groups excluding carboxylic acids is 1. The number of anilines is 1. The highest BCUT2D eigenvalue weighted by Gasteiger charge is 2.36.